The smallest absolute Gasteiger partial charge is 0.247 e. The third kappa shape index (κ3) is 3.65. The van der Waals surface area contributed by atoms with E-state index >= 15 is 0 Å². The van der Waals surface area contributed by atoms with E-state index in [1.54, 1.807) is 12.4 Å². The van der Waals surface area contributed by atoms with Gasteiger partial charge in [0.05, 0.1) is 0 Å². The molecule has 0 N–H and O–H groups in total. The van der Waals surface area contributed by atoms with Crippen LogP contribution in [0.15, 0.2) is 53.2 Å². The van der Waals surface area contributed by atoms with E-state index in [0.717, 1.165) is 35.6 Å². The highest BCUT2D eigenvalue weighted by Crippen LogP contribution is 2.39. The van der Waals surface area contributed by atoms with Crippen molar-refractivity contribution in [3.8, 4) is 22.8 Å². The zero-order valence-corrected chi connectivity index (χ0v) is 16.6. The van der Waals surface area contributed by atoms with Crippen LogP contribution < -0.4 is 0 Å². The molecular weight excluding hydrogens is 388 g/mol. The van der Waals surface area contributed by atoms with Gasteiger partial charge >= 0.3 is 0 Å². The minimum Gasteiger partial charge on any atom is -0.420 e. The number of halogens is 1. The van der Waals surface area contributed by atoms with Gasteiger partial charge in [0.15, 0.2) is 5.82 Å². The van der Waals surface area contributed by atoms with Crippen LogP contribution in [-0.2, 0) is 6.42 Å². The zero-order chi connectivity index (χ0) is 19.8. The van der Waals surface area contributed by atoms with Crippen molar-refractivity contribution in [2.24, 2.45) is 0 Å². The van der Waals surface area contributed by atoms with Gasteiger partial charge in [-0.05, 0) is 43.2 Å². The van der Waals surface area contributed by atoms with Crippen molar-refractivity contribution < 1.29 is 4.42 Å². The highest BCUT2D eigenvalue weighted by atomic mass is 35.5. The molecule has 1 aliphatic rings. The molecule has 1 aliphatic carbocycles. The van der Waals surface area contributed by atoms with Crippen LogP contribution in [0.1, 0.15) is 43.4 Å². The molecule has 7 nitrogen and oxygen atoms in total. The third-order valence-corrected chi connectivity index (χ3v) is 5.27. The first-order valence-corrected chi connectivity index (χ1v) is 10.0. The van der Waals surface area contributed by atoms with Crippen LogP contribution in [0.25, 0.3) is 22.8 Å². The average molecular weight is 407 g/mol. The predicted octanol–water partition coefficient (Wildman–Crippen LogP) is 4.72. The quantitative estimate of drug-likeness (QED) is 0.460. The summed E-state index contributed by atoms with van der Waals surface area (Å²) in [7, 11) is 0. The van der Waals surface area contributed by atoms with Gasteiger partial charge in [-0.1, -0.05) is 24.6 Å². The van der Waals surface area contributed by atoms with Crippen molar-refractivity contribution in [1.82, 2.24) is 29.9 Å². The molecule has 146 valence electrons. The van der Waals surface area contributed by atoms with Gasteiger partial charge in [-0.15, -0.1) is 20.4 Å². The number of nitrogens with zero attached hydrogens (tertiary/aromatic N) is 6. The molecule has 3 heterocycles. The van der Waals surface area contributed by atoms with Crippen molar-refractivity contribution in [2.75, 3.05) is 0 Å². The molecule has 1 unspecified atom stereocenters. The fourth-order valence-electron chi connectivity index (χ4n) is 3.41. The number of pyridine rings is 1. The second-order valence-electron chi connectivity index (χ2n) is 7.34. The van der Waals surface area contributed by atoms with Crippen molar-refractivity contribution in [2.45, 2.75) is 38.1 Å². The van der Waals surface area contributed by atoms with Gasteiger partial charge in [0.25, 0.3) is 0 Å². The Balaban J connectivity index is 1.40. The predicted molar refractivity (Wildman–Crippen MR) is 108 cm³/mol. The molecule has 8 heteroatoms. The largest absolute Gasteiger partial charge is 0.420 e. The van der Waals surface area contributed by atoms with Crippen LogP contribution in [0.2, 0.25) is 5.02 Å². The SMILES string of the molecule is CC(Cc1nnc(-c2ccncc2)n1C1CC1)c1nnc(-c2cccc(Cl)c2)o1. The second-order valence-corrected chi connectivity index (χ2v) is 7.77. The summed E-state index contributed by atoms with van der Waals surface area (Å²) in [4.78, 5) is 4.10. The Kier molecular flexibility index (Phi) is 4.60. The highest BCUT2D eigenvalue weighted by Gasteiger charge is 2.31. The summed E-state index contributed by atoms with van der Waals surface area (Å²) in [6.07, 6.45) is 6.53. The Labute approximate surface area is 172 Å². The molecule has 1 atom stereocenters. The fourth-order valence-corrected chi connectivity index (χ4v) is 3.60. The molecule has 0 radical (unpaired) electrons. The van der Waals surface area contributed by atoms with E-state index in [2.05, 4.69) is 36.9 Å². The minimum atomic E-state index is 0.0161. The van der Waals surface area contributed by atoms with E-state index in [1.807, 2.05) is 36.4 Å². The molecule has 0 saturated heterocycles. The third-order valence-electron chi connectivity index (χ3n) is 5.04. The van der Waals surface area contributed by atoms with Crippen molar-refractivity contribution in [3.63, 3.8) is 0 Å². The summed E-state index contributed by atoms with van der Waals surface area (Å²) in [5.41, 5.74) is 1.84. The van der Waals surface area contributed by atoms with Crippen molar-refractivity contribution in [3.05, 3.63) is 65.5 Å². The lowest BCUT2D eigenvalue weighted by Crippen LogP contribution is -2.08. The van der Waals surface area contributed by atoms with Gasteiger partial charge in [-0.25, -0.2) is 0 Å². The maximum absolute atomic E-state index is 6.07. The summed E-state index contributed by atoms with van der Waals surface area (Å²) < 4.78 is 8.17. The molecular formula is C21H19ClN6O. The Morgan fingerprint density at radius 2 is 1.90 bits per heavy atom. The lowest BCUT2D eigenvalue weighted by molar-refractivity contribution is 0.458. The number of aromatic nitrogens is 6. The second kappa shape index (κ2) is 7.40. The maximum atomic E-state index is 6.07. The number of benzene rings is 1. The summed E-state index contributed by atoms with van der Waals surface area (Å²) in [6.45, 7) is 2.06. The van der Waals surface area contributed by atoms with Gasteiger partial charge in [0, 0.05) is 46.9 Å². The van der Waals surface area contributed by atoms with Crippen molar-refractivity contribution >= 4 is 11.6 Å². The number of hydrogen-bond acceptors (Lipinski definition) is 6. The Morgan fingerprint density at radius 3 is 2.66 bits per heavy atom. The minimum absolute atomic E-state index is 0.0161. The zero-order valence-electron chi connectivity index (χ0n) is 15.9. The first-order chi connectivity index (χ1) is 14.2. The molecule has 0 amide bonds. The van der Waals surface area contributed by atoms with Crippen LogP contribution in [-0.4, -0.2) is 29.9 Å². The Bertz CT molecular complexity index is 1140. The lowest BCUT2D eigenvalue weighted by Gasteiger charge is -2.11. The van der Waals surface area contributed by atoms with E-state index in [4.69, 9.17) is 16.0 Å². The molecule has 4 aromatic rings. The van der Waals surface area contributed by atoms with E-state index in [9.17, 15) is 0 Å². The molecule has 0 bridgehead atoms. The monoisotopic (exact) mass is 406 g/mol. The number of rotatable bonds is 6. The van der Waals surface area contributed by atoms with Crippen LogP contribution in [0.3, 0.4) is 0 Å². The number of hydrogen-bond donors (Lipinski definition) is 0. The van der Waals surface area contributed by atoms with Gasteiger partial charge < -0.3 is 8.98 Å². The molecule has 0 aliphatic heterocycles. The van der Waals surface area contributed by atoms with Gasteiger partial charge in [-0.2, -0.15) is 0 Å². The van der Waals surface area contributed by atoms with E-state index < -0.39 is 0 Å². The first kappa shape index (κ1) is 18.0. The molecule has 1 aromatic carbocycles. The van der Waals surface area contributed by atoms with Gasteiger partial charge in [0.1, 0.15) is 5.82 Å². The molecule has 29 heavy (non-hydrogen) atoms. The maximum Gasteiger partial charge on any atom is 0.247 e. The fraction of sp³-hybridized carbons (Fsp3) is 0.286. The van der Waals surface area contributed by atoms with Gasteiger partial charge in [-0.3, -0.25) is 4.98 Å². The average Bonchev–Trinajstić information content (AvgIpc) is 3.29. The topological polar surface area (TPSA) is 82.5 Å². The normalized spacial score (nSPS) is 14.8. The van der Waals surface area contributed by atoms with Crippen LogP contribution in [0.4, 0.5) is 0 Å². The van der Waals surface area contributed by atoms with Crippen LogP contribution in [0.5, 0.6) is 0 Å². The molecule has 5 rings (SSSR count). The molecule has 3 aromatic heterocycles. The van der Waals surface area contributed by atoms with Crippen LogP contribution >= 0.6 is 11.6 Å². The first-order valence-electron chi connectivity index (χ1n) is 9.62. The van der Waals surface area contributed by atoms with E-state index in [0.29, 0.717) is 29.3 Å². The summed E-state index contributed by atoms with van der Waals surface area (Å²) in [6, 6.07) is 11.8. The molecule has 0 spiro atoms. The summed E-state index contributed by atoms with van der Waals surface area (Å²) in [5, 5.41) is 18.0. The van der Waals surface area contributed by atoms with E-state index in [-0.39, 0.29) is 5.92 Å². The molecule has 1 fully saturated rings. The lowest BCUT2D eigenvalue weighted by atomic mass is 10.1. The van der Waals surface area contributed by atoms with Crippen molar-refractivity contribution in [1.29, 1.82) is 0 Å². The van der Waals surface area contributed by atoms with Gasteiger partial charge in [0.2, 0.25) is 11.8 Å². The molecule has 1 saturated carbocycles. The summed E-state index contributed by atoms with van der Waals surface area (Å²) >= 11 is 6.07. The standard InChI is InChI=1S/C21H19ClN6O/c1-13(20-26-27-21(29-20)15-3-2-4-16(22)12-15)11-18-24-25-19(28(18)17-5-6-17)14-7-9-23-10-8-14/h2-4,7-10,12-13,17H,5-6,11H2,1H3. The Morgan fingerprint density at radius 1 is 1.07 bits per heavy atom. The summed E-state index contributed by atoms with van der Waals surface area (Å²) in [5.74, 6) is 2.89. The Hall–Kier alpha value is -3.06. The van der Waals surface area contributed by atoms with E-state index in [1.165, 1.54) is 0 Å². The highest BCUT2D eigenvalue weighted by molar-refractivity contribution is 6.30. The van der Waals surface area contributed by atoms with Crippen LogP contribution in [0, 0.1) is 0 Å².